The predicted octanol–water partition coefficient (Wildman–Crippen LogP) is 4.06. The lowest BCUT2D eigenvalue weighted by Gasteiger charge is -2.20. The van der Waals surface area contributed by atoms with E-state index >= 15 is 0 Å². The van der Waals surface area contributed by atoms with Crippen LogP contribution in [0.4, 0.5) is 5.69 Å². The monoisotopic (exact) mass is 348 g/mol. The molecule has 1 saturated heterocycles. The smallest absolute Gasteiger partial charge is 0.226 e. The van der Waals surface area contributed by atoms with E-state index in [0.29, 0.717) is 0 Å². The number of allylic oxidation sites excluding steroid dienone is 1. The van der Waals surface area contributed by atoms with E-state index in [9.17, 15) is 9.59 Å². The molecule has 1 aromatic rings. The fraction of sp³-hybridized carbons (Fsp3) is 0.500. The molecule has 5 nitrogen and oxygen atoms in total. The molecule has 0 radical (unpaired) electrons. The van der Waals surface area contributed by atoms with Gasteiger partial charge in [0.2, 0.25) is 11.8 Å². The van der Waals surface area contributed by atoms with Crippen LogP contribution in [-0.2, 0) is 9.59 Å². The number of amides is 2. The summed E-state index contributed by atoms with van der Waals surface area (Å²) in [6.45, 7) is 13.1. The van der Waals surface area contributed by atoms with Gasteiger partial charge in [0.15, 0.2) is 0 Å². The van der Waals surface area contributed by atoms with Crippen LogP contribution in [0, 0.1) is 12.8 Å². The summed E-state index contributed by atoms with van der Waals surface area (Å²) < 4.78 is 5.20. The number of ether oxygens (including phenoxy) is 1. The Kier molecular flexibility index (Phi) is 10.2. The van der Waals surface area contributed by atoms with Crippen molar-refractivity contribution in [1.82, 2.24) is 5.32 Å². The van der Waals surface area contributed by atoms with E-state index in [1.807, 2.05) is 45.9 Å². The van der Waals surface area contributed by atoms with Gasteiger partial charge < -0.3 is 15.0 Å². The number of benzene rings is 1. The van der Waals surface area contributed by atoms with Gasteiger partial charge in [0.1, 0.15) is 5.75 Å². The van der Waals surface area contributed by atoms with Crippen molar-refractivity contribution in [2.24, 2.45) is 5.92 Å². The zero-order valence-corrected chi connectivity index (χ0v) is 16.6. The fourth-order valence-electron chi connectivity index (χ4n) is 2.27. The predicted molar refractivity (Wildman–Crippen MR) is 104 cm³/mol. The Labute approximate surface area is 152 Å². The van der Waals surface area contributed by atoms with Crippen LogP contribution in [0.25, 0.3) is 0 Å². The Morgan fingerprint density at radius 1 is 1.36 bits per heavy atom. The molecule has 0 bridgehead atoms. The number of carbonyl (C=O) groups excluding carboxylic acids is 2. The summed E-state index contributed by atoms with van der Waals surface area (Å²) in [4.78, 5) is 23.7. The number of rotatable bonds is 2. The number of nitrogens with zero attached hydrogens (tertiary/aromatic N) is 1. The zero-order chi connectivity index (χ0) is 19.6. The Bertz CT molecular complexity index is 597. The van der Waals surface area contributed by atoms with Crippen molar-refractivity contribution >= 4 is 17.5 Å². The lowest BCUT2D eigenvalue weighted by atomic mass is 9.99. The number of hydrogen-bond donors (Lipinski definition) is 1. The van der Waals surface area contributed by atoms with Crippen molar-refractivity contribution in [3.63, 3.8) is 0 Å². The van der Waals surface area contributed by atoms with Gasteiger partial charge >= 0.3 is 0 Å². The lowest BCUT2D eigenvalue weighted by Crippen LogP contribution is -2.32. The van der Waals surface area contributed by atoms with E-state index in [4.69, 9.17) is 4.74 Å². The van der Waals surface area contributed by atoms with Crippen LogP contribution >= 0.6 is 0 Å². The Morgan fingerprint density at radius 3 is 2.40 bits per heavy atom. The van der Waals surface area contributed by atoms with Crippen LogP contribution in [0.3, 0.4) is 0 Å². The van der Waals surface area contributed by atoms with Crippen LogP contribution < -0.4 is 15.0 Å². The maximum atomic E-state index is 11.2. The number of hydrogen-bond acceptors (Lipinski definition) is 3. The minimum atomic E-state index is -0.00222. The molecule has 140 valence electrons. The van der Waals surface area contributed by atoms with E-state index in [0.717, 1.165) is 35.5 Å². The number of piperidine rings is 1. The molecule has 5 heteroatoms. The molecule has 0 spiro atoms. The molecule has 1 unspecified atom stereocenters. The normalized spacial score (nSPS) is 15.7. The van der Waals surface area contributed by atoms with Crippen LogP contribution in [0.5, 0.6) is 5.75 Å². The summed E-state index contributed by atoms with van der Waals surface area (Å²) in [7, 11) is 3.35. The number of methoxy groups -OCH3 is 1. The quantitative estimate of drug-likeness (QED) is 0.877. The Hall–Kier alpha value is -2.30. The molecular weight excluding hydrogens is 316 g/mol. The second kappa shape index (κ2) is 11.3. The molecule has 1 aliphatic heterocycles. The molecule has 0 saturated carbocycles. The molecule has 25 heavy (non-hydrogen) atoms. The van der Waals surface area contributed by atoms with E-state index in [1.165, 1.54) is 6.92 Å². The summed E-state index contributed by atoms with van der Waals surface area (Å²) in [5, 5.41) is 2.70. The van der Waals surface area contributed by atoms with Gasteiger partial charge in [-0.3, -0.25) is 9.59 Å². The average molecular weight is 348 g/mol. The first-order valence-electron chi connectivity index (χ1n) is 8.64. The van der Waals surface area contributed by atoms with Crippen LogP contribution in [0.2, 0.25) is 0 Å². The maximum Gasteiger partial charge on any atom is 0.226 e. The van der Waals surface area contributed by atoms with Gasteiger partial charge in [-0.1, -0.05) is 39.5 Å². The third kappa shape index (κ3) is 6.99. The minimum Gasteiger partial charge on any atom is -0.495 e. The summed E-state index contributed by atoms with van der Waals surface area (Å²) in [6, 6.07) is 5.71. The minimum absolute atomic E-state index is 0.00222. The van der Waals surface area contributed by atoms with E-state index < -0.39 is 0 Å². The third-order valence-electron chi connectivity index (χ3n) is 3.86. The Morgan fingerprint density at radius 2 is 1.96 bits per heavy atom. The Balaban J connectivity index is 0.000000451. The first-order chi connectivity index (χ1) is 11.8. The largest absolute Gasteiger partial charge is 0.495 e. The van der Waals surface area contributed by atoms with E-state index in [-0.39, 0.29) is 17.7 Å². The highest BCUT2D eigenvalue weighted by molar-refractivity contribution is 5.93. The lowest BCUT2D eigenvalue weighted by molar-refractivity contribution is -0.125. The molecule has 2 amide bonds. The topological polar surface area (TPSA) is 58.6 Å². The van der Waals surface area contributed by atoms with Crippen molar-refractivity contribution in [3.05, 3.63) is 36.0 Å². The summed E-state index contributed by atoms with van der Waals surface area (Å²) in [6.07, 6.45) is 1.89. The number of carbonyl (C=O) groups is 2. The van der Waals surface area contributed by atoms with Gasteiger partial charge in [0.25, 0.3) is 0 Å². The van der Waals surface area contributed by atoms with Gasteiger partial charge in [0.05, 0.1) is 12.8 Å². The van der Waals surface area contributed by atoms with Gasteiger partial charge in [-0.2, -0.15) is 0 Å². The highest BCUT2D eigenvalue weighted by atomic mass is 16.5. The van der Waals surface area contributed by atoms with Crippen molar-refractivity contribution in [2.75, 3.05) is 19.1 Å². The fourth-order valence-corrected chi connectivity index (χ4v) is 2.27. The summed E-state index contributed by atoms with van der Waals surface area (Å²) in [5.41, 5.74) is 2.72. The number of para-hydroxylation sites is 1. The molecule has 1 heterocycles. The molecule has 0 aromatic heterocycles. The highest BCUT2D eigenvalue weighted by Gasteiger charge is 2.18. The van der Waals surface area contributed by atoms with E-state index in [2.05, 4.69) is 11.9 Å². The molecule has 2 rings (SSSR count). The van der Waals surface area contributed by atoms with Gasteiger partial charge in [-0.25, -0.2) is 0 Å². The van der Waals surface area contributed by atoms with Gasteiger partial charge in [0, 0.05) is 25.6 Å². The van der Waals surface area contributed by atoms with Crippen molar-refractivity contribution in [2.45, 2.75) is 47.5 Å². The SMILES string of the molecule is C=C1CCC(C)C(=O)N1.CC.COc1cccc(C)c1N(C)C(C)=O. The first kappa shape index (κ1) is 22.7. The number of aryl methyl sites for hydroxylation is 1. The van der Waals surface area contributed by atoms with E-state index in [1.54, 1.807) is 19.1 Å². The van der Waals surface area contributed by atoms with Crippen molar-refractivity contribution < 1.29 is 14.3 Å². The van der Waals surface area contributed by atoms with Gasteiger partial charge in [-0.15, -0.1) is 0 Å². The highest BCUT2D eigenvalue weighted by Crippen LogP contribution is 2.30. The third-order valence-corrected chi connectivity index (χ3v) is 3.86. The second-order valence-corrected chi connectivity index (χ2v) is 5.74. The molecular formula is C20H32N2O3. The number of anilines is 1. The zero-order valence-electron chi connectivity index (χ0n) is 16.6. The first-order valence-corrected chi connectivity index (χ1v) is 8.64. The molecule has 1 fully saturated rings. The van der Waals surface area contributed by atoms with Crippen LogP contribution in [0.15, 0.2) is 30.5 Å². The molecule has 1 aliphatic rings. The average Bonchev–Trinajstić information content (AvgIpc) is 2.59. The molecule has 1 N–H and O–H groups in total. The van der Waals surface area contributed by atoms with Crippen molar-refractivity contribution in [1.29, 1.82) is 0 Å². The standard InChI is InChI=1S/C11H15NO2.C7H11NO.C2H6/c1-8-6-5-7-10(14-4)11(8)12(3)9(2)13;1-5-3-4-6(2)8-7(5)9;1-2/h5-7H,1-4H3;5H,2-4H2,1H3,(H,8,9);1-2H3. The van der Waals surface area contributed by atoms with Crippen LogP contribution in [-0.4, -0.2) is 26.0 Å². The van der Waals surface area contributed by atoms with Crippen LogP contribution in [0.1, 0.15) is 46.1 Å². The molecule has 0 aliphatic carbocycles. The van der Waals surface area contributed by atoms with Gasteiger partial charge in [-0.05, 0) is 31.4 Å². The summed E-state index contributed by atoms with van der Waals surface area (Å²) >= 11 is 0. The molecule has 1 atom stereocenters. The number of nitrogens with one attached hydrogen (secondary N) is 1. The summed E-state index contributed by atoms with van der Waals surface area (Å²) in [5.74, 6) is 1.02. The maximum absolute atomic E-state index is 11.2. The second-order valence-electron chi connectivity index (χ2n) is 5.74. The van der Waals surface area contributed by atoms with Crippen molar-refractivity contribution in [3.8, 4) is 5.75 Å². The molecule has 1 aromatic carbocycles.